The number of nitrogens with one attached hydrogen (secondary N) is 1. The van der Waals surface area contributed by atoms with E-state index in [1.807, 2.05) is 25.1 Å². The van der Waals surface area contributed by atoms with E-state index in [0.29, 0.717) is 41.5 Å². The number of carbonyl (C=O) groups is 2. The van der Waals surface area contributed by atoms with Gasteiger partial charge in [0.1, 0.15) is 5.00 Å². The van der Waals surface area contributed by atoms with Crippen LogP contribution in [0.25, 0.3) is 0 Å². The van der Waals surface area contributed by atoms with Crippen LogP contribution in [0.3, 0.4) is 0 Å². The van der Waals surface area contributed by atoms with E-state index in [2.05, 4.69) is 5.32 Å². The lowest BCUT2D eigenvalue weighted by atomic mass is 9.95. The smallest absolute Gasteiger partial charge is 0.341 e. The fourth-order valence-corrected chi connectivity index (χ4v) is 4.85. The van der Waals surface area contributed by atoms with Crippen LogP contribution in [0.4, 0.5) is 5.00 Å². The summed E-state index contributed by atoms with van der Waals surface area (Å²) in [6.45, 7) is 2.48. The highest BCUT2D eigenvalue weighted by Gasteiger charge is 2.26. The van der Waals surface area contributed by atoms with Gasteiger partial charge in [-0.15, -0.1) is 11.3 Å². The molecular weight excluding hydrogens is 390 g/mol. The summed E-state index contributed by atoms with van der Waals surface area (Å²) < 4.78 is 15.9. The van der Waals surface area contributed by atoms with Crippen molar-refractivity contribution >= 4 is 28.2 Å². The molecule has 1 aromatic carbocycles. The van der Waals surface area contributed by atoms with E-state index < -0.39 is 0 Å². The number of aryl methyl sites for hydroxylation is 2. The lowest BCUT2D eigenvalue weighted by Crippen LogP contribution is -2.15. The number of hydrogen-bond donors (Lipinski definition) is 1. The van der Waals surface area contributed by atoms with Crippen LogP contribution in [-0.2, 0) is 28.8 Å². The fraction of sp³-hybridized carbons (Fsp3) is 0.455. The third-order valence-corrected chi connectivity index (χ3v) is 6.19. The second-order valence-corrected chi connectivity index (χ2v) is 7.98. The molecule has 29 heavy (non-hydrogen) atoms. The van der Waals surface area contributed by atoms with Gasteiger partial charge < -0.3 is 19.5 Å². The number of hydrogen-bond acceptors (Lipinski definition) is 6. The van der Waals surface area contributed by atoms with Crippen molar-refractivity contribution in [2.75, 3.05) is 26.1 Å². The largest absolute Gasteiger partial charge is 0.493 e. The van der Waals surface area contributed by atoms with Crippen LogP contribution in [0.15, 0.2) is 18.2 Å². The lowest BCUT2D eigenvalue weighted by molar-refractivity contribution is -0.116. The van der Waals surface area contributed by atoms with Gasteiger partial charge in [0.15, 0.2) is 11.5 Å². The first-order valence-electron chi connectivity index (χ1n) is 9.89. The Morgan fingerprint density at radius 2 is 1.93 bits per heavy atom. The van der Waals surface area contributed by atoms with Gasteiger partial charge in [-0.25, -0.2) is 4.79 Å². The molecule has 1 N–H and O–H groups in total. The van der Waals surface area contributed by atoms with Gasteiger partial charge in [-0.05, 0) is 62.3 Å². The summed E-state index contributed by atoms with van der Waals surface area (Å²) in [5.41, 5.74) is 2.56. The van der Waals surface area contributed by atoms with E-state index in [9.17, 15) is 9.59 Å². The minimum absolute atomic E-state index is 0.124. The molecule has 1 aliphatic rings. The van der Waals surface area contributed by atoms with E-state index >= 15 is 0 Å². The van der Waals surface area contributed by atoms with E-state index in [-0.39, 0.29) is 11.9 Å². The molecule has 1 aromatic heterocycles. The Labute approximate surface area is 175 Å². The average Bonchev–Trinajstić information content (AvgIpc) is 3.10. The van der Waals surface area contributed by atoms with Gasteiger partial charge in [-0.1, -0.05) is 6.07 Å². The Morgan fingerprint density at radius 1 is 1.14 bits per heavy atom. The molecule has 0 saturated heterocycles. The minimum atomic E-state index is -0.379. The zero-order valence-corrected chi connectivity index (χ0v) is 17.9. The quantitative estimate of drug-likeness (QED) is 0.645. The summed E-state index contributed by atoms with van der Waals surface area (Å²) >= 11 is 1.50. The molecule has 1 amide bonds. The first kappa shape index (κ1) is 21.2. The van der Waals surface area contributed by atoms with E-state index in [0.717, 1.165) is 36.8 Å². The topological polar surface area (TPSA) is 73.9 Å². The third-order valence-electron chi connectivity index (χ3n) is 4.98. The van der Waals surface area contributed by atoms with Crippen molar-refractivity contribution in [3.8, 4) is 11.5 Å². The van der Waals surface area contributed by atoms with E-state index in [4.69, 9.17) is 14.2 Å². The summed E-state index contributed by atoms with van der Waals surface area (Å²) in [5, 5.41) is 3.55. The maximum atomic E-state index is 12.6. The summed E-state index contributed by atoms with van der Waals surface area (Å²) in [5.74, 6) is 0.844. The average molecular weight is 418 g/mol. The maximum absolute atomic E-state index is 12.6. The number of carbonyl (C=O) groups excluding carboxylic acids is 2. The van der Waals surface area contributed by atoms with Gasteiger partial charge >= 0.3 is 5.97 Å². The Hall–Kier alpha value is -2.54. The van der Waals surface area contributed by atoms with Gasteiger partial charge in [0.25, 0.3) is 0 Å². The van der Waals surface area contributed by atoms with Crippen LogP contribution in [-0.4, -0.2) is 32.7 Å². The zero-order chi connectivity index (χ0) is 20.8. The van der Waals surface area contributed by atoms with Crippen molar-refractivity contribution in [3.63, 3.8) is 0 Å². The zero-order valence-electron chi connectivity index (χ0n) is 17.1. The molecule has 156 valence electrons. The predicted molar refractivity (Wildman–Crippen MR) is 113 cm³/mol. The van der Waals surface area contributed by atoms with E-state index in [1.54, 1.807) is 7.11 Å². The summed E-state index contributed by atoms with van der Waals surface area (Å²) in [7, 11) is 2.97. The molecule has 3 rings (SSSR count). The van der Waals surface area contributed by atoms with Crippen molar-refractivity contribution in [1.29, 1.82) is 0 Å². The Bertz CT molecular complexity index is 890. The molecule has 0 saturated carbocycles. The molecule has 1 aliphatic carbocycles. The van der Waals surface area contributed by atoms with E-state index in [1.165, 1.54) is 23.3 Å². The number of rotatable bonds is 8. The van der Waals surface area contributed by atoms with Gasteiger partial charge in [0.05, 0.1) is 26.4 Å². The highest BCUT2D eigenvalue weighted by atomic mass is 32.1. The number of benzene rings is 1. The Morgan fingerprint density at radius 3 is 2.66 bits per heavy atom. The number of thiophene rings is 1. The number of methoxy groups -OCH3 is 2. The van der Waals surface area contributed by atoms with Crippen LogP contribution in [0.5, 0.6) is 11.5 Å². The van der Waals surface area contributed by atoms with Crippen molar-refractivity contribution in [2.45, 2.75) is 45.4 Å². The van der Waals surface area contributed by atoms with Gasteiger partial charge in [0, 0.05) is 11.3 Å². The summed E-state index contributed by atoms with van der Waals surface area (Å²) in [6, 6.07) is 5.69. The number of anilines is 1. The van der Waals surface area contributed by atoms with Gasteiger partial charge in [-0.2, -0.15) is 0 Å². The van der Waals surface area contributed by atoms with Gasteiger partial charge in [-0.3, -0.25) is 4.79 Å². The molecule has 0 unspecified atom stereocenters. The molecule has 7 heteroatoms. The molecule has 0 fully saturated rings. The van der Waals surface area contributed by atoms with Crippen LogP contribution in [0, 0.1) is 0 Å². The Balaban J connectivity index is 1.68. The predicted octanol–water partition coefficient (Wildman–Crippen LogP) is 4.39. The molecule has 6 nitrogen and oxygen atoms in total. The monoisotopic (exact) mass is 417 g/mol. The van der Waals surface area contributed by atoms with Crippen LogP contribution < -0.4 is 14.8 Å². The minimum Gasteiger partial charge on any atom is -0.493 e. The third kappa shape index (κ3) is 4.90. The van der Waals surface area contributed by atoms with Crippen molar-refractivity contribution in [3.05, 3.63) is 39.8 Å². The number of fused-ring (bicyclic) bond motifs is 1. The molecule has 1 heterocycles. The normalized spacial score (nSPS) is 12.8. The second kappa shape index (κ2) is 9.78. The lowest BCUT2D eigenvalue weighted by Gasteiger charge is -2.12. The number of ether oxygens (including phenoxy) is 3. The summed E-state index contributed by atoms with van der Waals surface area (Å²) in [4.78, 5) is 26.0. The van der Waals surface area contributed by atoms with Crippen molar-refractivity contribution < 1.29 is 23.8 Å². The highest BCUT2D eigenvalue weighted by molar-refractivity contribution is 7.17. The fourth-order valence-electron chi connectivity index (χ4n) is 3.56. The van der Waals surface area contributed by atoms with Gasteiger partial charge in [0.2, 0.25) is 5.91 Å². The highest BCUT2D eigenvalue weighted by Crippen LogP contribution is 2.38. The maximum Gasteiger partial charge on any atom is 0.341 e. The molecule has 2 aromatic rings. The van der Waals surface area contributed by atoms with Crippen molar-refractivity contribution in [2.24, 2.45) is 0 Å². The standard InChI is InChI=1S/C22H27NO5S/c1-4-28-16-11-9-14(13-17(16)26-2)10-12-19(24)23-21-20(22(25)27-3)15-7-5-6-8-18(15)29-21/h9,11,13H,4-8,10,12H2,1-3H3,(H,23,24). The van der Waals surface area contributed by atoms with Crippen LogP contribution in [0.2, 0.25) is 0 Å². The molecular formula is C22H27NO5S. The Kier molecular flexibility index (Phi) is 7.14. The first-order valence-corrected chi connectivity index (χ1v) is 10.7. The molecule has 0 spiro atoms. The summed E-state index contributed by atoms with van der Waals surface area (Å²) in [6.07, 6.45) is 4.85. The number of amides is 1. The van der Waals surface area contributed by atoms with Crippen LogP contribution in [0.1, 0.15) is 52.5 Å². The molecule has 0 radical (unpaired) electrons. The molecule has 0 atom stereocenters. The second-order valence-electron chi connectivity index (χ2n) is 6.87. The van der Waals surface area contributed by atoms with Crippen LogP contribution >= 0.6 is 11.3 Å². The van der Waals surface area contributed by atoms with Crippen molar-refractivity contribution in [1.82, 2.24) is 0 Å². The number of esters is 1. The first-order chi connectivity index (χ1) is 14.1. The SMILES string of the molecule is CCOc1ccc(CCC(=O)Nc2sc3c(c2C(=O)OC)CCCC3)cc1OC. The molecule has 0 bridgehead atoms. The molecule has 0 aliphatic heterocycles.